The summed E-state index contributed by atoms with van der Waals surface area (Å²) < 4.78 is 0. The van der Waals surface area contributed by atoms with Crippen LogP contribution < -0.4 is 10.6 Å². The second-order valence-corrected chi connectivity index (χ2v) is 5.67. The van der Waals surface area contributed by atoms with Gasteiger partial charge in [-0.3, -0.25) is 0 Å². The molecule has 112 valence electrons. The molecule has 0 amide bonds. The predicted octanol–water partition coefficient (Wildman–Crippen LogP) is 4.97. The topological polar surface area (TPSA) is 49.8 Å². The van der Waals surface area contributed by atoms with Gasteiger partial charge in [0.2, 0.25) is 5.95 Å². The van der Waals surface area contributed by atoms with Gasteiger partial charge in [-0.25, -0.2) is 4.98 Å². The fourth-order valence-corrected chi connectivity index (χ4v) is 2.26. The van der Waals surface area contributed by atoms with Crippen LogP contribution in [0, 0.1) is 13.8 Å². The molecule has 0 saturated carbocycles. The number of aromatic nitrogens is 2. The van der Waals surface area contributed by atoms with Crippen molar-refractivity contribution >= 4 is 40.7 Å². The van der Waals surface area contributed by atoms with Crippen molar-refractivity contribution in [2.75, 3.05) is 17.2 Å². The lowest BCUT2D eigenvalue weighted by molar-refractivity contribution is 0.947. The standard InChI is InChI=1S/C15H18Cl2N4/c1-4-5-18-15-19-10(3)7-14(21-15)20-13-8-11(16)9(2)6-12(13)17/h6-8H,4-5H2,1-3H3,(H2,18,19,20,21). The molecule has 0 aliphatic heterocycles. The minimum absolute atomic E-state index is 0.605. The molecule has 1 aromatic heterocycles. The molecule has 0 saturated heterocycles. The SMILES string of the molecule is CCCNc1nc(C)cc(Nc2cc(Cl)c(C)cc2Cl)n1. The van der Waals surface area contributed by atoms with E-state index < -0.39 is 0 Å². The van der Waals surface area contributed by atoms with Gasteiger partial charge in [-0.2, -0.15) is 4.98 Å². The van der Waals surface area contributed by atoms with E-state index in [9.17, 15) is 0 Å². The fourth-order valence-electron chi connectivity index (χ4n) is 1.83. The number of hydrogen-bond donors (Lipinski definition) is 2. The zero-order chi connectivity index (χ0) is 15.4. The molecular weight excluding hydrogens is 307 g/mol. The molecular formula is C15H18Cl2N4. The lowest BCUT2D eigenvalue weighted by atomic mass is 10.2. The smallest absolute Gasteiger partial charge is 0.224 e. The third kappa shape index (κ3) is 4.22. The van der Waals surface area contributed by atoms with Gasteiger partial charge in [0, 0.05) is 23.3 Å². The Morgan fingerprint density at radius 3 is 2.52 bits per heavy atom. The van der Waals surface area contributed by atoms with Gasteiger partial charge in [0.05, 0.1) is 10.7 Å². The lowest BCUT2D eigenvalue weighted by Gasteiger charge is -2.12. The highest BCUT2D eigenvalue weighted by molar-refractivity contribution is 6.35. The van der Waals surface area contributed by atoms with Crippen molar-refractivity contribution in [1.29, 1.82) is 0 Å². The first-order valence-corrected chi connectivity index (χ1v) is 7.57. The number of nitrogens with one attached hydrogen (secondary N) is 2. The third-order valence-corrected chi connectivity index (χ3v) is 3.62. The summed E-state index contributed by atoms with van der Waals surface area (Å²) in [4.78, 5) is 8.77. The normalized spacial score (nSPS) is 10.5. The van der Waals surface area contributed by atoms with Crippen molar-refractivity contribution in [3.05, 3.63) is 39.5 Å². The minimum atomic E-state index is 0.605. The monoisotopic (exact) mass is 324 g/mol. The maximum atomic E-state index is 6.23. The zero-order valence-corrected chi connectivity index (χ0v) is 13.8. The summed E-state index contributed by atoms with van der Waals surface area (Å²) in [5, 5.41) is 7.64. The van der Waals surface area contributed by atoms with E-state index in [0.717, 1.165) is 29.9 Å². The molecule has 2 aromatic rings. The Bertz CT molecular complexity index is 644. The van der Waals surface area contributed by atoms with Crippen molar-refractivity contribution in [3.63, 3.8) is 0 Å². The molecule has 0 atom stereocenters. The summed E-state index contributed by atoms with van der Waals surface area (Å²) >= 11 is 12.4. The molecule has 6 heteroatoms. The van der Waals surface area contributed by atoms with Crippen LogP contribution in [0.2, 0.25) is 10.0 Å². The quantitative estimate of drug-likeness (QED) is 0.815. The second kappa shape index (κ2) is 6.96. The number of hydrogen-bond acceptors (Lipinski definition) is 4. The molecule has 0 aliphatic rings. The van der Waals surface area contributed by atoms with Crippen LogP contribution in [0.15, 0.2) is 18.2 Å². The summed E-state index contributed by atoms with van der Waals surface area (Å²) in [5.41, 5.74) is 2.55. The summed E-state index contributed by atoms with van der Waals surface area (Å²) in [5.74, 6) is 1.29. The van der Waals surface area contributed by atoms with E-state index in [1.807, 2.05) is 26.0 Å². The van der Waals surface area contributed by atoms with Crippen molar-refractivity contribution in [3.8, 4) is 0 Å². The van der Waals surface area contributed by atoms with Crippen LogP contribution >= 0.6 is 23.2 Å². The number of aryl methyl sites for hydroxylation is 2. The predicted molar refractivity (Wildman–Crippen MR) is 90.0 cm³/mol. The molecule has 21 heavy (non-hydrogen) atoms. The molecule has 0 radical (unpaired) electrons. The Labute approximate surface area is 134 Å². The van der Waals surface area contributed by atoms with Gasteiger partial charge in [0.25, 0.3) is 0 Å². The molecule has 4 nitrogen and oxygen atoms in total. The Balaban J connectivity index is 2.27. The van der Waals surface area contributed by atoms with Gasteiger partial charge in [-0.15, -0.1) is 0 Å². The molecule has 2 N–H and O–H groups in total. The summed E-state index contributed by atoms with van der Waals surface area (Å²) in [6.45, 7) is 6.77. The van der Waals surface area contributed by atoms with Gasteiger partial charge < -0.3 is 10.6 Å². The van der Waals surface area contributed by atoms with E-state index in [1.54, 1.807) is 6.07 Å². The van der Waals surface area contributed by atoms with E-state index in [2.05, 4.69) is 27.5 Å². The van der Waals surface area contributed by atoms with Gasteiger partial charge in [-0.05, 0) is 38.0 Å². The zero-order valence-electron chi connectivity index (χ0n) is 12.3. The molecule has 0 aliphatic carbocycles. The molecule has 0 spiro atoms. The molecule has 0 unspecified atom stereocenters. The average Bonchev–Trinajstić information content (AvgIpc) is 2.42. The highest BCUT2D eigenvalue weighted by Gasteiger charge is 2.07. The maximum absolute atomic E-state index is 6.23. The van der Waals surface area contributed by atoms with Crippen LogP contribution in [0.3, 0.4) is 0 Å². The van der Waals surface area contributed by atoms with Crippen molar-refractivity contribution in [2.24, 2.45) is 0 Å². The number of halogens is 2. The lowest BCUT2D eigenvalue weighted by Crippen LogP contribution is -2.07. The van der Waals surface area contributed by atoms with Crippen molar-refractivity contribution in [1.82, 2.24) is 9.97 Å². The van der Waals surface area contributed by atoms with Crippen molar-refractivity contribution in [2.45, 2.75) is 27.2 Å². The molecule has 0 fully saturated rings. The highest BCUT2D eigenvalue weighted by atomic mass is 35.5. The largest absolute Gasteiger partial charge is 0.354 e. The second-order valence-electron chi connectivity index (χ2n) is 4.85. The summed E-state index contributed by atoms with van der Waals surface area (Å²) in [7, 11) is 0. The first kappa shape index (κ1) is 15.9. The van der Waals surface area contributed by atoms with Crippen LogP contribution in [0.5, 0.6) is 0 Å². The fraction of sp³-hybridized carbons (Fsp3) is 0.333. The number of nitrogens with zero attached hydrogens (tertiary/aromatic N) is 2. The van der Waals surface area contributed by atoms with Crippen LogP contribution in [0.1, 0.15) is 24.6 Å². The van der Waals surface area contributed by atoms with Gasteiger partial charge in [-0.1, -0.05) is 30.1 Å². The summed E-state index contributed by atoms with van der Waals surface area (Å²) in [6, 6.07) is 5.49. The van der Waals surface area contributed by atoms with Gasteiger partial charge in [0.15, 0.2) is 0 Å². The first-order valence-electron chi connectivity index (χ1n) is 6.82. The molecule has 2 rings (SSSR count). The van der Waals surface area contributed by atoms with E-state index in [0.29, 0.717) is 21.8 Å². The van der Waals surface area contributed by atoms with Crippen LogP contribution in [0.25, 0.3) is 0 Å². The van der Waals surface area contributed by atoms with E-state index in [4.69, 9.17) is 23.2 Å². The Hall–Kier alpha value is -1.52. The Morgan fingerprint density at radius 2 is 1.81 bits per heavy atom. The van der Waals surface area contributed by atoms with Crippen LogP contribution in [0.4, 0.5) is 17.5 Å². The third-order valence-electron chi connectivity index (χ3n) is 2.90. The Kier molecular flexibility index (Phi) is 5.26. The van der Waals surface area contributed by atoms with Crippen LogP contribution in [-0.2, 0) is 0 Å². The first-order chi connectivity index (χ1) is 9.99. The molecule has 1 aromatic carbocycles. The average molecular weight is 325 g/mol. The van der Waals surface area contributed by atoms with Gasteiger partial charge >= 0.3 is 0 Å². The Morgan fingerprint density at radius 1 is 1.05 bits per heavy atom. The van der Waals surface area contributed by atoms with Crippen LogP contribution in [-0.4, -0.2) is 16.5 Å². The summed E-state index contributed by atoms with van der Waals surface area (Å²) in [6.07, 6.45) is 1.01. The highest BCUT2D eigenvalue weighted by Crippen LogP contribution is 2.30. The molecule has 0 bridgehead atoms. The van der Waals surface area contributed by atoms with Gasteiger partial charge in [0.1, 0.15) is 5.82 Å². The molecule has 1 heterocycles. The minimum Gasteiger partial charge on any atom is -0.354 e. The van der Waals surface area contributed by atoms with E-state index in [-0.39, 0.29) is 0 Å². The number of anilines is 3. The van der Waals surface area contributed by atoms with E-state index >= 15 is 0 Å². The van der Waals surface area contributed by atoms with Crippen molar-refractivity contribution < 1.29 is 0 Å². The number of benzene rings is 1. The van der Waals surface area contributed by atoms with E-state index in [1.165, 1.54) is 0 Å². The maximum Gasteiger partial charge on any atom is 0.224 e. The number of rotatable bonds is 5.